The zero-order valence-corrected chi connectivity index (χ0v) is 16.2. The Bertz CT molecular complexity index is 1090. The fourth-order valence-electron chi connectivity index (χ4n) is 2.72. The molecule has 0 aliphatic rings. The summed E-state index contributed by atoms with van der Waals surface area (Å²) in [7, 11) is 0. The van der Waals surface area contributed by atoms with E-state index in [9.17, 15) is 4.79 Å². The number of aromatic nitrogens is 4. The summed E-state index contributed by atoms with van der Waals surface area (Å²) in [6.45, 7) is 2.57. The Morgan fingerprint density at radius 1 is 1.00 bits per heavy atom. The van der Waals surface area contributed by atoms with Crippen molar-refractivity contribution in [2.24, 2.45) is 0 Å². The Balaban J connectivity index is 1.43. The highest BCUT2D eigenvalue weighted by molar-refractivity contribution is 7.99. The highest BCUT2D eigenvalue weighted by Crippen LogP contribution is 2.21. The van der Waals surface area contributed by atoms with E-state index in [0.717, 1.165) is 16.2 Å². The molecule has 0 saturated heterocycles. The third-order valence-corrected chi connectivity index (χ3v) is 5.15. The van der Waals surface area contributed by atoms with Gasteiger partial charge in [0.15, 0.2) is 11.5 Å². The lowest BCUT2D eigenvalue weighted by atomic mass is 10.1. The van der Waals surface area contributed by atoms with Crippen molar-refractivity contribution >= 4 is 23.3 Å². The van der Waals surface area contributed by atoms with Gasteiger partial charge in [0.05, 0.1) is 5.75 Å². The van der Waals surface area contributed by atoms with Crippen LogP contribution in [0.25, 0.3) is 17.0 Å². The molecule has 2 heterocycles. The summed E-state index contributed by atoms with van der Waals surface area (Å²) in [5, 5.41) is 16.7. The Hall–Kier alpha value is -3.19. The van der Waals surface area contributed by atoms with E-state index in [1.54, 1.807) is 4.52 Å². The molecule has 28 heavy (non-hydrogen) atoms. The zero-order valence-electron chi connectivity index (χ0n) is 15.4. The van der Waals surface area contributed by atoms with Crippen molar-refractivity contribution in [1.82, 2.24) is 25.1 Å². The van der Waals surface area contributed by atoms with Crippen LogP contribution in [0.4, 0.5) is 0 Å². The number of hydrogen-bond donors (Lipinski definition) is 1. The smallest absolute Gasteiger partial charge is 0.230 e. The highest BCUT2D eigenvalue weighted by atomic mass is 32.2. The summed E-state index contributed by atoms with van der Waals surface area (Å²) in [4.78, 5) is 12.1. The summed E-state index contributed by atoms with van der Waals surface area (Å²) in [5.41, 5.74) is 3.89. The molecule has 140 valence electrons. The van der Waals surface area contributed by atoms with Gasteiger partial charge in [-0.3, -0.25) is 4.79 Å². The van der Waals surface area contributed by atoms with Gasteiger partial charge in [-0.25, -0.2) is 0 Å². The first-order chi connectivity index (χ1) is 13.7. The first-order valence-corrected chi connectivity index (χ1v) is 9.90. The molecule has 0 unspecified atom stereocenters. The maximum absolute atomic E-state index is 12.1. The van der Waals surface area contributed by atoms with Crippen LogP contribution in [0, 0.1) is 6.92 Å². The molecule has 2 aromatic heterocycles. The number of hydrogen-bond acceptors (Lipinski definition) is 5. The third-order valence-electron chi connectivity index (χ3n) is 4.23. The van der Waals surface area contributed by atoms with E-state index in [2.05, 4.69) is 20.6 Å². The molecule has 0 aliphatic heterocycles. The normalized spacial score (nSPS) is 10.9. The SMILES string of the molecule is Cc1ccc(-c2nnc3ccc(SCC(=O)NCc4ccccc4)nn23)cc1. The number of amides is 1. The van der Waals surface area contributed by atoms with Crippen molar-refractivity contribution in [2.75, 3.05) is 5.75 Å². The van der Waals surface area contributed by atoms with Crippen molar-refractivity contribution in [2.45, 2.75) is 18.5 Å². The van der Waals surface area contributed by atoms with Gasteiger partial charge in [-0.1, -0.05) is 71.9 Å². The van der Waals surface area contributed by atoms with Crippen molar-refractivity contribution < 1.29 is 4.79 Å². The molecular formula is C21H19N5OS. The third kappa shape index (κ3) is 4.20. The van der Waals surface area contributed by atoms with Gasteiger partial charge >= 0.3 is 0 Å². The molecule has 0 spiro atoms. The second-order valence-corrected chi connectivity index (χ2v) is 7.38. The Labute approximate surface area is 167 Å². The largest absolute Gasteiger partial charge is 0.351 e. The molecule has 0 fully saturated rings. The summed E-state index contributed by atoms with van der Waals surface area (Å²) in [5.74, 6) is 0.956. The summed E-state index contributed by atoms with van der Waals surface area (Å²) in [6, 6.07) is 21.6. The second kappa shape index (κ2) is 8.22. The van der Waals surface area contributed by atoms with E-state index in [0.29, 0.717) is 23.8 Å². The van der Waals surface area contributed by atoms with Crippen LogP contribution in [0.15, 0.2) is 71.8 Å². The molecule has 0 saturated carbocycles. The molecule has 2 aromatic carbocycles. The number of nitrogens with zero attached hydrogens (tertiary/aromatic N) is 4. The van der Waals surface area contributed by atoms with Crippen molar-refractivity contribution in [1.29, 1.82) is 0 Å². The van der Waals surface area contributed by atoms with Gasteiger partial charge in [-0.05, 0) is 24.6 Å². The molecule has 0 aliphatic carbocycles. The van der Waals surface area contributed by atoms with E-state index in [-0.39, 0.29) is 5.91 Å². The number of aryl methyl sites for hydroxylation is 1. The molecule has 0 radical (unpaired) electrons. The minimum absolute atomic E-state index is 0.0294. The lowest BCUT2D eigenvalue weighted by Crippen LogP contribution is -2.24. The predicted octanol–water partition coefficient (Wildman–Crippen LogP) is 3.51. The fourth-order valence-corrected chi connectivity index (χ4v) is 3.40. The molecule has 1 N–H and O–H groups in total. The molecule has 0 atom stereocenters. The van der Waals surface area contributed by atoms with Crippen molar-refractivity contribution in [3.8, 4) is 11.4 Å². The number of rotatable bonds is 6. The van der Waals surface area contributed by atoms with Crippen LogP contribution in [0.3, 0.4) is 0 Å². The van der Waals surface area contributed by atoms with Crippen LogP contribution in [0.2, 0.25) is 0 Å². The van der Waals surface area contributed by atoms with Gasteiger partial charge < -0.3 is 5.32 Å². The van der Waals surface area contributed by atoms with Gasteiger partial charge in [0.1, 0.15) is 5.03 Å². The quantitative estimate of drug-likeness (QED) is 0.511. The van der Waals surface area contributed by atoms with Crippen molar-refractivity contribution in [3.05, 3.63) is 77.9 Å². The van der Waals surface area contributed by atoms with E-state index in [4.69, 9.17) is 0 Å². The lowest BCUT2D eigenvalue weighted by Gasteiger charge is -2.06. The zero-order chi connectivity index (χ0) is 19.3. The number of carbonyl (C=O) groups is 1. The summed E-state index contributed by atoms with van der Waals surface area (Å²) < 4.78 is 1.72. The minimum Gasteiger partial charge on any atom is -0.351 e. The number of thioether (sulfide) groups is 1. The summed E-state index contributed by atoms with van der Waals surface area (Å²) >= 11 is 1.39. The van der Waals surface area contributed by atoms with Crippen LogP contribution in [0.1, 0.15) is 11.1 Å². The highest BCUT2D eigenvalue weighted by Gasteiger charge is 2.11. The second-order valence-electron chi connectivity index (χ2n) is 6.38. The van der Waals surface area contributed by atoms with Crippen LogP contribution < -0.4 is 5.32 Å². The van der Waals surface area contributed by atoms with Crippen LogP contribution in [-0.2, 0) is 11.3 Å². The minimum atomic E-state index is -0.0294. The number of carbonyl (C=O) groups excluding carboxylic acids is 1. The molecule has 4 aromatic rings. The number of fused-ring (bicyclic) bond motifs is 1. The number of nitrogens with one attached hydrogen (secondary N) is 1. The Morgan fingerprint density at radius 2 is 1.79 bits per heavy atom. The first-order valence-electron chi connectivity index (χ1n) is 8.92. The Kier molecular flexibility index (Phi) is 5.34. The molecular weight excluding hydrogens is 370 g/mol. The topological polar surface area (TPSA) is 72.2 Å². The van der Waals surface area contributed by atoms with Crippen LogP contribution in [0.5, 0.6) is 0 Å². The maximum atomic E-state index is 12.1. The molecule has 7 heteroatoms. The molecule has 6 nitrogen and oxygen atoms in total. The predicted molar refractivity (Wildman–Crippen MR) is 110 cm³/mol. The van der Waals surface area contributed by atoms with Gasteiger partial charge in [0.2, 0.25) is 5.91 Å². The fraction of sp³-hybridized carbons (Fsp3) is 0.143. The standard InChI is InChI=1S/C21H19N5OS/c1-15-7-9-17(10-8-15)21-24-23-18-11-12-20(25-26(18)21)28-14-19(27)22-13-16-5-3-2-4-6-16/h2-12H,13-14H2,1H3,(H,22,27). The number of benzene rings is 2. The average molecular weight is 389 g/mol. The maximum Gasteiger partial charge on any atom is 0.230 e. The lowest BCUT2D eigenvalue weighted by molar-refractivity contribution is -0.118. The molecule has 4 rings (SSSR count). The van der Waals surface area contributed by atoms with Crippen molar-refractivity contribution in [3.63, 3.8) is 0 Å². The van der Waals surface area contributed by atoms with Gasteiger partial charge in [0, 0.05) is 12.1 Å². The van der Waals surface area contributed by atoms with Gasteiger partial charge in [0.25, 0.3) is 0 Å². The molecule has 0 bridgehead atoms. The van der Waals surface area contributed by atoms with E-state index in [1.807, 2.05) is 73.7 Å². The van der Waals surface area contributed by atoms with Gasteiger partial charge in [-0.15, -0.1) is 10.2 Å². The Morgan fingerprint density at radius 3 is 2.57 bits per heavy atom. The van der Waals surface area contributed by atoms with Gasteiger partial charge in [-0.2, -0.15) is 9.61 Å². The average Bonchev–Trinajstić information content (AvgIpc) is 3.15. The first kappa shape index (κ1) is 18.2. The van der Waals surface area contributed by atoms with Crippen LogP contribution >= 0.6 is 11.8 Å². The monoisotopic (exact) mass is 389 g/mol. The summed E-state index contributed by atoms with van der Waals surface area (Å²) in [6.07, 6.45) is 0. The molecule has 1 amide bonds. The van der Waals surface area contributed by atoms with E-state index < -0.39 is 0 Å². The van der Waals surface area contributed by atoms with Crippen LogP contribution in [-0.4, -0.2) is 31.5 Å². The van der Waals surface area contributed by atoms with E-state index in [1.165, 1.54) is 17.3 Å². The van der Waals surface area contributed by atoms with E-state index >= 15 is 0 Å².